The van der Waals surface area contributed by atoms with Crippen molar-refractivity contribution >= 4 is 5.91 Å². The van der Waals surface area contributed by atoms with Gasteiger partial charge in [-0.2, -0.15) is 0 Å². The zero-order valence-corrected chi connectivity index (χ0v) is 10.6. The molecule has 0 spiro atoms. The highest BCUT2D eigenvalue weighted by Gasteiger charge is 2.19. The highest BCUT2D eigenvalue weighted by atomic mass is 16.1. The molecule has 0 aliphatic rings. The van der Waals surface area contributed by atoms with Gasteiger partial charge in [-0.1, -0.05) is 19.9 Å². The quantitative estimate of drug-likeness (QED) is 0.867. The molecule has 1 amide bonds. The van der Waals surface area contributed by atoms with Crippen molar-refractivity contribution in [3.8, 4) is 0 Å². The normalized spacial score (nSPS) is 12.4. The summed E-state index contributed by atoms with van der Waals surface area (Å²) in [7, 11) is 0. The SMILES string of the molecule is CC(C)[C@H](NC(=O)c1ccc[nH]1)c1cccnc1. The number of hydrogen-bond donors (Lipinski definition) is 2. The predicted octanol–water partition coefficient (Wildman–Crippen LogP) is 2.54. The van der Waals surface area contributed by atoms with E-state index in [0.717, 1.165) is 5.56 Å². The van der Waals surface area contributed by atoms with E-state index in [1.165, 1.54) is 0 Å². The number of amides is 1. The molecule has 0 saturated heterocycles. The number of aromatic nitrogens is 2. The Bertz CT molecular complexity index is 491. The van der Waals surface area contributed by atoms with Crippen LogP contribution >= 0.6 is 0 Å². The van der Waals surface area contributed by atoms with Gasteiger partial charge in [0.2, 0.25) is 0 Å². The van der Waals surface area contributed by atoms with Crippen LogP contribution in [-0.2, 0) is 0 Å². The van der Waals surface area contributed by atoms with Gasteiger partial charge in [-0.15, -0.1) is 0 Å². The molecule has 0 radical (unpaired) electrons. The van der Waals surface area contributed by atoms with Crippen LogP contribution in [0.1, 0.15) is 35.9 Å². The summed E-state index contributed by atoms with van der Waals surface area (Å²) in [5.41, 5.74) is 1.59. The van der Waals surface area contributed by atoms with E-state index in [-0.39, 0.29) is 11.9 Å². The average molecular weight is 243 g/mol. The Hall–Kier alpha value is -2.10. The van der Waals surface area contributed by atoms with Crippen LogP contribution in [0.4, 0.5) is 0 Å². The first-order chi connectivity index (χ1) is 8.68. The Morgan fingerprint density at radius 1 is 1.33 bits per heavy atom. The number of pyridine rings is 1. The van der Waals surface area contributed by atoms with E-state index in [4.69, 9.17) is 0 Å². The van der Waals surface area contributed by atoms with Crippen molar-refractivity contribution in [3.05, 3.63) is 54.1 Å². The maximum Gasteiger partial charge on any atom is 0.268 e. The lowest BCUT2D eigenvalue weighted by Crippen LogP contribution is -2.32. The fourth-order valence-corrected chi connectivity index (χ4v) is 1.89. The summed E-state index contributed by atoms with van der Waals surface area (Å²) in [6.45, 7) is 4.15. The van der Waals surface area contributed by atoms with Gasteiger partial charge in [0.15, 0.2) is 0 Å². The Morgan fingerprint density at radius 2 is 2.17 bits per heavy atom. The average Bonchev–Trinajstić information content (AvgIpc) is 2.90. The topological polar surface area (TPSA) is 57.8 Å². The minimum atomic E-state index is -0.0949. The molecule has 2 rings (SSSR count). The molecule has 2 N–H and O–H groups in total. The lowest BCUT2D eigenvalue weighted by molar-refractivity contribution is 0.0921. The maximum atomic E-state index is 12.0. The lowest BCUT2D eigenvalue weighted by Gasteiger charge is -2.22. The van der Waals surface area contributed by atoms with E-state index in [0.29, 0.717) is 11.6 Å². The van der Waals surface area contributed by atoms with Gasteiger partial charge < -0.3 is 10.3 Å². The van der Waals surface area contributed by atoms with Crippen molar-refractivity contribution in [1.29, 1.82) is 0 Å². The van der Waals surface area contributed by atoms with Crippen molar-refractivity contribution in [2.24, 2.45) is 5.92 Å². The highest BCUT2D eigenvalue weighted by Crippen LogP contribution is 2.20. The molecule has 0 unspecified atom stereocenters. The molecule has 0 fully saturated rings. The van der Waals surface area contributed by atoms with Gasteiger partial charge in [-0.3, -0.25) is 9.78 Å². The fraction of sp³-hybridized carbons (Fsp3) is 0.286. The molecule has 18 heavy (non-hydrogen) atoms. The van der Waals surface area contributed by atoms with E-state index < -0.39 is 0 Å². The first-order valence-electron chi connectivity index (χ1n) is 6.02. The number of nitrogens with zero attached hydrogens (tertiary/aromatic N) is 1. The van der Waals surface area contributed by atoms with Gasteiger partial charge in [0.05, 0.1) is 6.04 Å². The molecule has 1 atom stereocenters. The van der Waals surface area contributed by atoms with Crippen molar-refractivity contribution in [2.45, 2.75) is 19.9 Å². The second-order valence-corrected chi connectivity index (χ2v) is 4.57. The molecule has 0 aromatic carbocycles. The number of aromatic amines is 1. The number of rotatable bonds is 4. The molecular formula is C14H17N3O. The van der Waals surface area contributed by atoms with Crippen LogP contribution in [0.15, 0.2) is 42.9 Å². The summed E-state index contributed by atoms with van der Waals surface area (Å²) < 4.78 is 0. The van der Waals surface area contributed by atoms with Crippen LogP contribution in [-0.4, -0.2) is 15.9 Å². The van der Waals surface area contributed by atoms with Gasteiger partial charge in [0, 0.05) is 18.6 Å². The van der Waals surface area contributed by atoms with Crippen molar-refractivity contribution < 1.29 is 4.79 Å². The minimum absolute atomic E-state index is 0.0329. The van der Waals surface area contributed by atoms with E-state index in [1.807, 2.05) is 18.2 Å². The molecular weight excluding hydrogens is 226 g/mol. The second-order valence-electron chi connectivity index (χ2n) is 4.57. The zero-order chi connectivity index (χ0) is 13.0. The van der Waals surface area contributed by atoms with Gasteiger partial charge in [-0.25, -0.2) is 0 Å². The van der Waals surface area contributed by atoms with Crippen LogP contribution in [0.25, 0.3) is 0 Å². The van der Waals surface area contributed by atoms with Crippen molar-refractivity contribution in [1.82, 2.24) is 15.3 Å². The highest BCUT2D eigenvalue weighted by molar-refractivity contribution is 5.92. The van der Waals surface area contributed by atoms with Crippen molar-refractivity contribution in [3.63, 3.8) is 0 Å². The summed E-state index contributed by atoms with van der Waals surface area (Å²) in [6.07, 6.45) is 5.26. The first kappa shape index (κ1) is 12.4. The Balaban J connectivity index is 2.15. The molecule has 4 heteroatoms. The molecule has 0 aliphatic carbocycles. The minimum Gasteiger partial charge on any atom is -0.357 e. The summed E-state index contributed by atoms with van der Waals surface area (Å²) >= 11 is 0. The maximum absolute atomic E-state index is 12.0. The van der Waals surface area contributed by atoms with E-state index >= 15 is 0 Å². The monoisotopic (exact) mass is 243 g/mol. The third-order valence-corrected chi connectivity index (χ3v) is 2.84. The molecule has 0 aliphatic heterocycles. The molecule has 2 aromatic heterocycles. The largest absolute Gasteiger partial charge is 0.357 e. The van der Waals surface area contributed by atoms with Crippen LogP contribution in [0.3, 0.4) is 0 Å². The second kappa shape index (κ2) is 5.49. The summed E-state index contributed by atoms with van der Waals surface area (Å²) in [5, 5.41) is 3.02. The number of hydrogen-bond acceptors (Lipinski definition) is 2. The number of carbonyl (C=O) groups excluding carboxylic acids is 1. The molecule has 2 heterocycles. The van der Waals surface area contributed by atoms with Gasteiger partial charge in [-0.05, 0) is 29.7 Å². The third-order valence-electron chi connectivity index (χ3n) is 2.84. The molecule has 94 valence electrons. The summed E-state index contributed by atoms with van der Waals surface area (Å²) in [6, 6.07) is 7.40. The van der Waals surface area contributed by atoms with E-state index in [1.54, 1.807) is 24.7 Å². The Labute approximate surface area is 106 Å². The van der Waals surface area contributed by atoms with E-state index in [9.17, 15) is 4.79 Å². The number of nitrogens with one attached hydrogen (secondary N) is 2. The van der Waals surface area contributed by atoms with Crippen LogP contribution in [0.2, 0.25) is 0 Å². The zero-order valence-electron chi connectivity index (χ0n) is 10.6. The van der Waals surface area contributed by atoms with E-state index in [2.05, 4.69) is 29.1 Å². The molecule has 0 saturated carbocycles. The molecule has 2 aromatic rings. The van der Waals surface area contributed by atoms with Gasteiger partial charge >= 0.3 is 0 Å². The Kier molecular flexibility index (Phi) is 3.77. The van der Waals surface area contributed by atoms with Gasteiger partial charge in [0.1, 0.15) is 5.69 Å². The first-order valence-corrected chi connectivity index (χ1v) is 6.02. The lowest BCUT2D eigenvalue weighted by atomic mass is 9.97. The smallest absolute Gasteiger partial charge is 0.268 e. The summed E-state index contributed by atoms with van der Waals surface area (Å²) in [5.74, 6) is 0.204. The summed E-state index contributed by atoms with van der Waals surface area (Å²) in [4.78, 5) is 19.0. The standard InChI is InChI=1S/C14H17N3O/c1-10(2)13(11-5-3-7-15-9-11)17-14(18)12-6-4-8-16-12/h3-10,13,16H,1-2H3,(H,17,18)/t13-/m0/s1. The van der Waals surface area contributed by atoms with Crippen molar-refractivity contribution in [2.75, 3.05) is 0 Å². The Morgan fingerprint density at radius 3 is 2.72 bits per heavy atom. The van der Waals surface area contributed by atoms with Crippen LogP contribution in [0, 0.1) is 5.92 Å². The molecule has 0 bridgehead atoms. The van der Waals surface area contributed by atoms with Crippen LogP contribution < -0.4 is 5.32 Å². The third kappa shape index (κ3) is 2.77. The number of carbonyl (C=O) groups is 1. The predicted molar refractivity (Wildman–Crippen MR) is 70.1 cm³/mol. The van der Waals surface area contributed by atoms with Gasteiger partial charge in [0.25, 0.3) is 5.91 Å². The number of H-pyrrole nitrogens is 1. The van der Waals surface area contributed by atoms with Crippen LogP contribution in [0.5, 0.6) is 0 Å². The molecule has 4 nitrogen and oxygen atoms in total. The fourth-order valence-electron chi connectivity index (χ4n) is 1.89.